The zero-order chi connectivity index (χ0) is 16.0. The molecular formula is C18H22ClFN2O. The van der Waals surface area contributed by atoms with Crippen LogP contribution >= 0.6 is 11.6 Å². The van der Waals surface area contributed by atoms with Gasteiger partial charge in [-0.2, -0.15) is 0 Å². The van der Waals surface area contributed by atoms with Gasteiger partial charge < -0.3 is 10.6 Å². The highest BCUT2D eigenvalue weighted by Gasteiger charge is 2.50. The second-order valence-corrected chi connectivity index (χ2v) is 8.14. The Morgan fingerprint density at radius 2 is 1.78 bits per heavy atom. The number of halogens is 2. The molecule has 0 unspecified atom stereocenters. The second kappa shape index (κ2) is 5.75. The van der Waals surface area contributed by atoms with Crippen molar-refractivity contribution < 1.29 is 9.18 Å². The molecule has 1 aromatic carbocycles. The van der Waals surface area contributed by atoms with Crippen LogP contribution in [0.2, 0.25) is 5.02 Å². The molecule has 5 heteroatoms. The molecule has 0 aliphatic heterocycles. The summed E-state index contributed by atoms with van der Waals surface area (Å²) in [5, 5.41) is 6.37. The maximum atomic E-state index is 13.2. The molecule has 0 saturated heterocycles. The fourth-order valence-corrected chi connectivity index (χ4v) is 5.55. The lowest BCUT2D eigenvalue weighted by molar-refractivity contribution is -0.116. The number of nitrogens with one attached hydrogen (secondary N) is 2. The summed E-state index contributed by atoms with van der Waals surface area (Å²) in [7, 11) is 0. The lowest BCUT2D eigenvalue weighted by atomic mass is 9.53. The maximum Gasteiger partial charge on any atom is 0.238 e. The molecule has 5 rings (SSSR count). The van der Waals surface area contributed by atoms with E-state index >= 15 is 0 Å². The average Bonchev–Trinajstić information content (AvgIpc) is 2.48. The highest BCUT2D eigenvalue weighted by molar-refractivity contribution is 6.31. The average molecular weight is 337 g/mol. The van der Waals surface area contributed by atoms with Crippen molar-refractivity contribution in [3.63, 3.8) is 0 Å². The standard InChI is InChI=1S/C18H22ClFN2O/c19-15-6-14(1-2-16(15)20)22-17(23)10-21-18-7-11-3-12(8-18)5-13(4-11)9-18/h1-2,6,11-13,21H,3-5,7-10H2,(H,22,23). The van der Waals surface area contributed by atoms with E-state index in [0.29, 0.717) is 12.2 Å². The third kappa shape index (κ3) is 3.11. The van der Waals surface area contributed by atoms with Gasteiger partial charge in [0.25, 0.3) is 0 Å². The van der Waals surface area contributed by atoms with Gasteiger partial charge in [0, 0.05) is 11.2 Å². The molecule has 2 N–H and O–H groups in total. The van der Waals surface area contributed by atoms with Crippen molar-refractivity contribution in [3.8, 4) is 0 Å². The Bertz CT molecular complexity index is 598. The van der Waals surface area contributed by atoms with E-state index in [-0.39, 0.29) is 16.5 Å². The molecular weight excluding hydrogens is 315 g/mol. The summed E-state index contributed by atoms with van der Waals surface area (Å²) in [5.41, 5.74) is 0.709. The zero-order valence-corrected chi connectivity index (χ0v) is 13.8. The van der Waals surface area contributed by atoms with Gasteiger partial charge in [-0.1, -0.05) is 11.6 Å². The van der Waals surface area contributed by atoms with Gasteiger partial charge in [-0.05, 0) is 74.5 Å². The molecule has 4 saturated carbocycles. The van der Waals surface area contributed by atoms with Gasteiger partial charge in [0.05, 0.1) is 11.6 Å². The van der Waals surface area contributed by atoms with E-state index in [1.54, 1.807) is 0 Å². The van der Waals surface area contributed by atoms with Crippen molar-refractivity contribution in [1.29, 1.82) is 0 Å². The van der Waals surface area contributed by atoms with Gasteiger partial charge in [0.15, 0.2) is 0 Å². The Morgan fingerprint density at radius 3 is 2.35 bits per heavy atom. The Hall–Kier alpha value is -1.13. The van der Waals surface area contributed by atoms with E-state index in [1.807, 2.05) is 0 Å². The first kappa shape index (κ1) is 15.4. The normalized spacial score (nSPS) is 34.6. The van der Waals surface area contributed by atoms with Gasteiger partial charge in [-0.15, -0.1) is 0 Å². The molecule has 1 aromatic rings. The number of anilines is 1. The van der Waals surface area contributed by atoms with Crippen LogP contribution < -0.4 is 10.6 Å². The van der Waals surface area contributed by atoms with Crippen LogP contribution in [0.5, 0.6) is 0 Å². The van der Waals surface area contributed by atoms with E-state index in [9.17, 15) is 9.18 Å². The fraction of sp³-hybridized carbons (Fsp3) is 0.611. The van der Waals surface area contributed by atoms with Crippen LogP contribution in [0.15, 0.2) is 18.2 Å². The highest BCUT2D eigenvalue weighted by atomic mass is 35.5. The molecule has 124 valence electrons. The third-order valence-corrected chi connectivity index (χ3v) is 6.16. The van der Waals surface area contributed by atoms with Crippen molar-refractivity contribution in [1.82, 2.24) is 5.32 Å². The molecule has 0 spiro atoms. The largest absolute Gasteiger partial charge is 0.325 e. The lowest BCUT2D eigenvalue weighted by Crippen LogP contribution is -2.59. The van der Waals surface area contributed by atoms with E-state index < -0.39 is 5.82 Å². The molecule has 0 heterocycles. The van der Waals surface area contributed by atoms with Gasteiger partial charge in [-0.3, -0.25) is 4.79 Å². The van der Waals surface area contributed by atoms with Gasteiger partial charge in [-0.25, -0.2) is 4.39 Å². The van der Waals surface area contributed by atoms with Crippen molar-refractivity contribution in [3.05, 3.63) is 29.0 Å². The number of rotatable bonds is 4. The Morgan fingerprint density at radius 1 is 1.17 bits per heavy atom. The van der Waals surface area contributed by atoms with Crippen molar-refractivity contribution in [2.75, 3.05) is 11.9 Å². The smallest absolute Gasteiger partial charge is 0.238 e. The minimum absolute atomic E-state index is 0.0249. The second-order valence-electron chi connectivity index (χ2n) is 7.73. The number of hydrogen-bond donors (Lipinski definition) is 2. The third-order valence-electron chi connectivity index (χ3n) is 5.87. The van der Waals surface area contributed by atoms with Crippen LogP contribution in [0.3, 0.4) is 0 Å². The first-order valence-corrected chi connectivity index (χ1v) is 8.89. The first-order valence-electron chi connectivity index (χ1n) is 8.51. The minimum atomic E-state index is -0.476. The molecule has 3 nitrogen and oxygen atoms in total. The fourth-order valence-electron chi connectivity index (χ4n) is 5.37. The minimum Gasteiger partial charge on any atom is -0.325 e. The van der Waals surface area contributed by atoms with Crippen LogP contribution in [0.1, 0.15) is 38.5 Å². The number of hydrogen-bond acceptors (Lipinski definition) is 2. The van der Waals surface area contributed by atoms with Crippen LogP contribution in [0.25, 0.3) is 0 Å². The zero-order valence-electron chi connectivity index (χ0n) is 13.1. The van der Waals surface area contributed by atoms with E-state index in [0.717, 1.165) is 17.8 Å². The number of benzene rings is 1. The van der Waals surface area contributed by atoms with Crippen LogP contribution in [0.4, 0.5) is 10.1 Å². The van der Waals surface area contributed by atoms with Crippen molar-refractivity contribution in [2.24, 2.45) is 17.8 Å². The molecule has 1 amide bonds. The summed E-state index contributed by atoms with van der Waals surface area (Å²) < 4.78 is 13.2. The summed E-state index contributed by atoms with van der Waals surface area (Å²) in [6.45, 7) is 0.307. The first-order chi connectivity index (χ1) is 11.0. The molecule has 0 aromatic heterocycles. The lowest BCUT2D eigenvalue weighted by Gasteiger charge is -2.57. The summed E-state index contributed by atoms with van der Waals surface area (Å²) in [5.74, 6) is 1.99. The van der Waals surface area contributed by atoms with Crippen molar-refractivity contribution in [2.45, 2.75) is 44.1 Å². The highest BCUT2D eigenvalue weighted by Crippen LogP contribution is 2.55. The topological polar surface area (TPSA) is 41.1 Å². The quantitative estimate of drug-likeness (QED) is 0.873. The maximum absolute atomic E-state index is 13.2. The number of carbonyl (C=O) groups is 1. The molecule has 4 fully saturated rings. The van der Waals surface area contributed by atoms with Gasteiger partial charge in [0.2, 0.25) is 5.91 Å². The molecule has 0 atom stereocenters. The van der Waals surface area contributed by atoms with E-state index in [1.165, 1.54) is 56.7 Å². The van der Waals surface area contributed by atoms with E-state index in [2.05, 4.69) is 10.6 Å². The summed E-state index contributed by atoms with van der Waals surface area (Å²) in [6.07, 6.45) is 7.82. The van der Waals surface area contributed by atoms with Gasteiger partial charge >= 0.3 is 0 Å². The summed E-state index contributed by atoms with van der Waals surface area (Å²) >= 11 is 5.74. The summed E-state index contributed by atoms with van der Waals surface area (Å²) in [6, 6.07) is 4.24. The predicted molar refractivity (Wildman–Crippen MR) is 88.9 cm³/mol. The number of amides is 1. The Balaban J connectivity index is 1.35. The molecule has 0 radical (unpaired) electrons. The monoisotopic (exact) mass is 336 g/mol. The van der Waals surface area contributed by atoms with Gasteiger partial charge in [0.1, 0.15) is 5.82 Å². The molecule has 4 aliphatic rings. The van der Waals surface area contributed by atoms with Crippen LogP contribution in [-0.2, 0) is 4.79 Å². The summed E-state index contributed by atoms with van der Waals surface area (Å²) in [4.78, 5) is 12.2. The SMILES string of the molecule is O=C(CNC12CC3CC(CC(C3)C1)C2)Nc1ccc(F)c(Cl)c1. The molecule has 4 aliphatic carbocycles. The Kier molecular flexibility index (Phi) is 3.85. The van der Waals surface area contributed by atoms with Crippen LogP contribution in [-0.4, -0.2) is 18.0 Å². The van der Waals surface area contributed by atoms with Crippen molar-refractivity contribution >= 4 is 23.2 Å². The number of carbonyl (C=O) groups excluding carboxylic acids is 1. The molecule has 4 bridgehead atoms. The Labute approximate surface area is 141 Å². The van der Waals surface area contributed by atoms with Crippen LogP contribution in [0, 0.1) is 23.6 Å². The predicted octanol–water partition coefficient (Wildman–Crippen LogP) is 3.98. The molecule has 23 heavy (non-hydrogen) atoms. The van der Waals surface area contributed by atoms with E-state index in [4.69, 9.17) is 11.6 Å².